The van der Waals surface area contributed by atoms with Crippen molar-refractivity contribution in [3.63, 3.8) is 0 Å². The van der Waals surface area contributed by atoms with Crippen molar-refractivity contribution in [1.29, 1.82) is 0 Å². The van der Waals surface area contributed by atoms with Crippen LogP contribution in [0.3, 0.4) is 0 Å². The fraction of sp³-hybridized carbons (Fsp3) is 0.400. The topological polar surface area (TPSA) is 63.2 Å². The highest BCUT2D eigenvalue weighted by molar-refractivity contribution is 5.57. The lowest BCUT2D eigenvalue weighted by Gasteiger charge is -2.18. The number of hydrogen-bond donors (Lipinski definition) is 1. The Bertz CT molecular complexity index is 585. The van der Waals surface area contributed by atoms with Gasteiger partial charge in [0.2, 0.25) is 11.9 Å². The summed E-state index contributed by atoms with van der Waals surface area (Å²) >= 11 is 0. The predicted molar refractivity (Wildman–Crippen MR) is 84.4 cm³/mol. The highest BCUT2D eigenvalue weighted by atomic mass is 16.5. The fourth-order valence-corrected chi connectivity index (χ4v) is 1.87. The summed E-state index contributed by atoms with van der Waals surface area (Å²) in [5, 5.41) is 2.92. The van der Waals surface area contributed by atoms with Gasteiger partial charge in [-0.3, -0.25) is 0 Å². The minimum absolute atomic E-state index is 0.323. The second kappa shape index (κ2) is 6.88. The van der Waals surface area contributed by atoms with Crippen molar-refractivity contribution < 1.29 is 4.74 Å². The van der Waals surface area contributed by atoms with Gasteiger partial charge in [0.15, 0.2) is 0 Å². The van der Waals surface area contributed by atoms with Gasteiger partial charge >= 0.3 is 6.01 Å². The van der Waals surface area contributed by atoms with Crippen LogP contribution in [0.15, 0.2) is 24.3 Å². The Morgan fingerprint density at radius 1 is 1.10 bits per heavy atom. The first-order valence-corrected chi connectivity index (χ1v) is 7.07. The molecule has 6 nitrogen and oxygen atoms in total. The van der Waals surface area contributed by atoms with Gasteiger partial charge in [-0.05, 0) is 31.0 Å². The molecule has 1 N–H and O–H groups in total. The van der Waals surface area contributed by atoms with Crippen LogP contribution in [0.2, 0.25) is 0 Å². The van der Waals surface area contributed by atoms with Gasteiger partial charge in [-0.1, -0.05) is 19.1 Å². The average molecular weight is 287 g/mol. The first kappa shape index (κ1) is 15.0. The number of nitrogens with zero attached hydrogens (tertiary/aromatic N) is 4. The van der Waals surface area contributed by atoms with Crippen molar-refractivity contribution in [2.75, 3.05) is 30.9 Å². The largest absolute Gasteiger partial charge is 0.464 e. The van der Waals surface area contributed by atoms with Gasteiger partial charge in [-0.15, -0.1) is 0 Å². The van der Waals surface area contributed by atoms with Gasteiger partial charge in [0.25, 0.3) is 0 Å². The van der Waals surface area contributed by atoms with Crippen molar-refractivity contribution >= 4 is 17.6 Å². The number of rotatable bonds is 6. The highest BCUT2D eigenvalue weighted by Gasteiger charge is 2.12. The van der Waals surface area contributed by atoms with Gasteiger partial charge < -0.3 is 15.0 Å². The molecule has 2 rings (SSSR count). The van der Waals surface area contributed by atoms with Gasteiger partial charge in [0.1, 0.15) is 0 Å². The zero-order valence-corrected chi connectivity index (χ0v) is 12.9. The summed E-state index contributed by atoms with van der Waals surface area (Å²) in [6.45, 7) is 4.55. The van der Waals surface area contributed by atoms with Gasteiger partial charge in [-0.2, -0.15) is 15.0 Å². The monoisotopic (exact) mass is 287 g/mol. The van der Waals surface area contributed by atoms with Gasteiger partial charge in [0, 0.05) is 19.8 Å². The zero-order valence-electron chi connectivity index (χ0n) is 12.9. The third kappa shape index (κ3) is 3.59. The van der Waals surface area contributed by atoms with E-state index in [9.17, 15) is 0 Å². The fourth-order valence-electron chi connectivity index (χ4n) is 1.87. The second-order valence-corrected chi connectivity index (χ2v) is 4.50. The molecule has 0 bridgehead atoms. The van der Waals surface area contributed by atoms with E-state index in [-0.39, 0.29) is 0 Å². The molecule has 6 heteroatoms. The molecule has 0 aliphatic carbocycles. The molecular weight excluding hydrogens is 266 g/mol. The Labute approximate surface area is 125 Å². The van der Waals surface area contributed by atoms with E-state index in [1.807, 2.05) is 18.9 Å². The van der Waals surface area contributed by atoms with Crippen LogP contribution >= 0.6 is 0 Å². The Morgan fingerprint density at radius 3 is 2.38 bits per heavy atom. The molecule has 0 aliphatic rings. The summed E-state index contributed by atoms with van der Waals surface area (Å²) in [5.74, 6) is 1.03. The number of aromatic nitrogens is 3. The number of nitrogens with one attached hydrogen (secondary N) is 1. The second-order valence-electron chi connectivity index (χ2n) is 4.50. The van der Waals surface area contributed by atoms with Crippen LogP contribution < -0.4 is 15.0 Å². The highest BCUT2D eigenvalue weighted by Crippen LogP contribution is 2.23. The zero-order chi connectivity index (χ0) is 15.2. The van der Waals surface area contributed by atoms with Crippen LogP contribution in [0.25, 0.3) is 0 Å². The summed E-state index contributed by atoms with van der Waals surface area (Å²) in [6.07, 6.45) is 1.02. The maximum atomic E-state index is 5.38. The Morgan fingerprint density at radius 2 is 1.81 bits per heavy atom. The average Bonchev–Trinajstić information content (AvgIpc) is 2.54. The normalized spacial score (nSPS) is 10.3. The summed E-state index contributed by atoms with van der Waals surface area (Å²) in [7, 11) is 3.69. The molecule has 0 saturated carbocycles. The Balaban J connectivity index is 2.31. The molecule has 112 valence electrons. The minimum Gasteiger partial charge on any atom is -0.464 e. The van der Waals surface area contributed by atoms with Crippen molar-refractivity contribution in [3.05, 3.63) is 29.8 Å². The summed E-state index contributed by atoms with van der Waals surface area (Å²) in [4.78, 5) is 14.8. The van der Waals surface area contributed by atoms with Crippen LogP contribution in [0.5, 0.6) is 6.01 Å². The Hall–Kier alpha value is -2.37. The molecule has 0 spiro atoms. The lowest BCUT2D eigenvalue weighted by Crippen LogP contribution is -2.15. The van der Waals surface area contributed by atoms with Crippen molar-refractivity contribution in [2.24, 2.45) is 0 Å². The molecule has 1 heterocycles. The third-order valence-electron chi connectivity index (χ3n) is 3.13. The van der Waals surface area contributed by atoms with Crippen LogP contribution in [-0.4, -0.2) is 35.7 Å². The van der Waals surface area contributed by atoms with Gasteiger partial charge in [-0.25, -0.2) is 0 Å². The van der Waals surface area contributed by atoms with Crippen LogP contribution in [-0.2, 0) is 6.42 Å². The molecular formula is C15H21N5O. The molecule has 0 aliphatic heterocycles. The molecule has 21 heavy (non-hydrogen) atoms. The summed E-state index contributed by atoms with van der Waals surface area (Å²) < 4.78 is 5.38. The number of aryl methyl sites for hydroxylation is 1. The van der Waals surface area contributed by atoms with Crippen LogP contribution in [0.4, 0.5) is 17.6 Å². The number of benzene rings is 1. The van der Waals surface area contributed by atoms with E-state index in [2.05, 4.69) is 51.5 Å². The summed E-state index contributed by atoms with van der Waals surface area (Å²) in [6, 6.07) is 8.65. The van der Waals surface area contributed by atoms with Crippen molar-refractivity contribution in [2.45, 2.75) is 20.3 Å². The van der Waals surface area contributed by atoms with E-state index in [4.69, 9.17) is 4.74 Å². The molecule has 0 fully saturated rings. The minimum atomic E-state index is 0.323. The smallest absolute Gasteiger partial charge is 0.323 e. The number of hydrogen-bond acceptors (Lipinski definition) is 6. The molecule has 0 unspecified atom stereocenters. The lowest BCUT2D eigenvalue weighted by molar-refractivity contribution is 0.312. The van der Waals surface area contributed by atoms with Crippen molar-refractivity contribution in [1.82, 2.24) is 15.0 Å². The standard InChI is InChI=1S/C15H21N5O/c1-5-11-7-9-12(10-8-11)20(4)14-17-13(16-3)18-15(19-14)21-6-2/h7-10H,5-6H2,1-4H3,(H,16,17,18,19). The van der Waals surface area contributed by atoms with E-state index in [1.54, 1.807) is 7.05 Å². The van der Waals surface area contributed by atoms with Crippen LogP contribution in [0.1, 0.15) is 19.4 Å². The van der Waals surface area contributed by atoms with Crippen LogP contribution in [0, 0.1) is 0 Å². The number of ether oxygens (including phenoxy) is 1. The lowest BCUT2D eigenvalue weighted by atomic mass is 10.1. The summed E-state index contributed by atoms with van der Waals surface area (Å²) in [5.41, 5.74) is 2.32. The molecule has 1 aromatic carbocycles. The first-order valence-electron chi connectivity index (χ1n) is 7.07. The van der Waals surface area contributed by atoms with Crippen molar-refractivity contribution in [3.8, 4) is 6.01 Å². The van der Waals surface area contributed by atoms with E-state index >= 15 is 0 Å². The Kier molecular flexibility index (Phi) is 4.92. The van der Waals surface area contributed by atoms with E-state index in [0.29, 0.717) is 24.5 Å². The van der Waals surface area contributed by atoms with E-state index in [1.165, 1.54) is 5.56 Å². The molecule has 0 saturated heterocycles. The molecule has 0 amide bonds. The quantitative estimate of drug-likeness (QED) is 0.881. The molecule has 1 aromatic heterocycles. The maximum Gasteiger partial charge on any atom is 0.323 e. The van der Waals surface area contributed by atoms with E-state index in [0.717, 1.165) is 12.1 Å². The first-order chi connectivity index (χ1) is 10.2. The molecule has 2 aromatic rings. The number of anilines is 3. The SMILES string of the molecule is CCOc1nc(NC)nc(N(C)c2ccc(CC)cc2)n1. The maximum absolute atomic E-state index is 5.38. The molecule has 0 radical (unpaired) electrons. The van der Waals surface area contributed by atoms with E-state index < -0.39 is 0 Å². The van der Waals surface area contributed by atoms with Gasteiger partial charge in [0.05, 0.1) is 6.61 Å². The molecule has 0 atom stereocenters. The predicted octanol–water partition coefficient (Wildman–Crippen LogP) is 2.64. The third-order valence-corrected chi connectivity index (χ3v) is 3.13.